The number of nitrogens with zero attached hydrogens (tertiary/aromatic N) is 5. The van der Waals surface area contributed by atoms with E-state index in [0.717, 1.165) is 25.3 Å². The second-order valence-electron chi connectivity index (χ2n) is 4.05. The molecule has 0 amide bonds. The van der Waals surface area contributed by atoms with Gasteiger partial charge in [-0.25, -0.2) is 4.98 Å². The molecule has 6 nitrogen and oxygen atoms in total. The van der Waals surface area contributed by atoms with Crippen LogP contribution in [0.2, 0.25) is 0 Å². The van der Waals surface area contributed by atoms with Crippen LogP contribution in [-0.4, -0.2) is 24.5 Å². The molecule has 0 saturated heterocycles. The summed E-state index contributed by atoms with van der Waals surface area (Å²) in [5.74, 6) is 0.813. The van der Waals surface area contributed by atoms with E-state index < -0.39 is 0 Å². The van der Waals surface area contributed by atoms with Crippen LogP contribution in [0, 0.1) is 0 Å². The van der Waals surface area contributed by atoms with Crippen LogP contribution in [-0.2, 0) is 26.7 Å². The van der Waals surface area contributed by atoms with Crippen LogP contribution >= 0.6 is 0 Å². The lowest BCUT2D eigenvalue weighted by Crippen LogP contribution is -2.13. The molecule has 2 aromatic rings. The van der Waals surface area contributed by atoms with E-state index in [4.69, 9.17) is 0 Å². The quantitative estimate of drug-likeness (QED) is 0.799. The van der Waals surface area contributed by atoms with Gasteiger partial charge in [0.2, 0.25) is 0 Å². The number of rotatable bonds is 6. The molecule has 0 spiro atoms. The van der Waals surface area contributed by atoms with Gasteiger partial charge in [0.15, 0.2) is 5.82 Å². The summed E-state index contributed by atoms with van der Waals surface area (Å²) < 4.78 is 3.67. The van der Waals surface area contributed by atoms with Crippen molar-refractivity contribution in [1.29, 1.82) is 0 Å². The van der Waals surface area contributed by atoms with Gasteiger partial charge in [-0.05, 0) is 6.42 Å². The minimum Gasteiger partial charge on any atom is -0.306 e. The highest BCUT2D eigenvalue weighted by Crippen LogP contribution is 1.98. The Hall–Kier alpha value is -1.69. The smallest absolute Gasteiger partial charge is 0.164 e. The number of nitrogens with one attached hydrogen (secondary N) is 1. The molecule has 17 heavy (non-hydrogen) atoms. The molecule has 0 unspecified atom stereocenters. The van der Waals surface area contributed by atoms with Gasteiger partial charge in [0, 0.05) is 31.9 Å². The molecule has 0 atom stereocenters. The van der Waals surface area contributed by atoms with E-state index in [1.807, 2.05) is 17.9 Å². The molecule has 2 heterocycles. The van der Waals surface area contributed by atoms with Gasteiger partial charge in [-0.3, -0.25) is 9.36 Å². The van der Waals surface area contributed by atoms with E-state index in [1.165, 1.54) is 5.56 Å². The minimum atomic E-state index is 0.680. The lowest BCUT2D eigenvalue weighted by molar-refractivity contribution is 0.600. The van der Waals surface area contributed by atoms with Gasteiger partial charge >= 0.3 is 0 Å². The molecule has 0 fully saturated rings. The predicted molar refractivity (Wildman–Crippen MR) is 64.1 cm³/mol. The first-order valence-electron chi connectivity index (χ1n) is 5.84. The Kier molecular flexibility index (Phi) is 3.87. The molecule has 0 aliphatic rings. The van der Waals surface area contributed by atoms with Crippen LogP contribution < -0.4 is 5.32 Å². The lowest BCUT2D eigenvalue weighted by atomic mass is 10.3. The van der Waals surface area contributed by atoms with Crippen molar-refractivity contribution in [2.24, 2.45) is 7.05 Å². The third kappa shape index (κ3) is 3.39. The van der Waals surface area contributed by atoms with Crippen molar-refractivity contribution in [1.82, 2.24) is 29.9 Å². The van der Waals surface area contributed by atoms with Crippen molar-refractivity contribution >= 4 is 0 Å². The Bertz CT molecular complexity index is 458. The highest BCUT2D eigenvalue weighted by molar-refractivity contribution is 5.03. The molecule has 0 saturated carbocycles. The van der Waals surface area contributed by atoms with Gasteiger partial charge in [0.1, 0.15) is 6.33 Å². The zero-order valence-electron chi connectivity index (χ0n) is 10.3. The fourth-order valence-corrected chi connectivity index (χ4v) is 1.63. The summed E-state index contributed by atoms with van der Waals surface area (Å²) in [4.78, 5) is 4.15. The minimum absolute atomic E-state index is 0.680. The van der Waals surface area contributed by atoms with Crippen molar-refractivity contribution in [2.45, 2.75) is 33.0 Å². The van der Waals surface area contributed by atoms with Gasteiger partial charge in [-0.2, -0.15) is 10.2 Å². The van der Waals surface area contributed by atoms with Crippen LogP contribution in [0.4, 0.5) is 0 Å². The van der Waals surface area contributed by atoms with E-state index in [2.05, 4.69) is 33.6 Å². The Morgan fingerprint density at radius 2 is 2.24 bits per heavy atom. The average molecular weight is 234 g/mol. The van der Waals surface area contributed by atoms with Gasteiger partial charge in [0.25, 0.3) is 0 Å². The molecule has 0 aliphatic carbocycles. The first-order valence-corrected chi connectivity index (χ1v) is 5.84. The fourth-order valence-electron chi connectivity index (χ4n) is 1.63. The van der Waals surface area contributed by atoms with Gasteiger partial charge < -0.3 is 5.32 Å². The predicted octanol–water partition coefficient (Wildman–Crippen LogP) is 0.711. The Balaban J connectivity index is 1.77. The lowest BCUT2D eigenvalue weighted by Gasteiger charge is -1.99. The summed E-state index contributed by atoms with van der Waals surface area (Å²) in [6.07, 6.45) is 6.78. The summed E-state index contributed by atoms with van der Waals surface area (Å²) in [7, 11) is 1.87. The van der Waals surface area contributed by atoms with Gasteiger partial charge in [-0.1, -0.05) is 6.92 Å². The van der Waals surface area contributed by atoms with E-state index in [9.17, 15) is 0 Å². The summed E-state index contributed by atoms with van der Waals surface area (Å²) >= 11 is 0. The van der Waals surface area contributed by atoms with Crippen LogP contribution in [0.25, 0.3) is 0 Å². The van der Waals surface area contributed by atoms with E-state index in [-0.39, 0.29) is 0 Å². The van der Waals surface area contributed by atoms with Crippen molar-refractivity contribution in [3.05, 3.63) is 30.1 Å². The number of aromatic nitrogens is 5. The van der Waals surface area contributed by atoms with Gasteiger partial charge in [0.05, 0.1) is 12.7 Å². The standard InChI is InChI=1S/C11H18N6/c1-3-4-17-8-10(6-14-17)5-12-7-11-13-9-16(2)15-11/h6,8-9,12H,3-5,7H2,1-2H3. The summed E-state index contributed by atoms with van der Waals surface area (Å²) in [5, 5.41) is 11.8. The monoisotopic (exact) mass is 234 g/mol. The van der Waals surface area contributed by atoms with Crippen molar-refractivity contribution < 1.29 is 0 Å². The molecule has 0 aliphatic heterocycles. The number of hydrogen-bond acceptors (Lipinski definition) is 4. The van der Waals surface area contributed by atoms with Crippen molar-refractivity contribution in [3.8, 4) is 0 Å². The zero-order chi connectivity index (χ0) is 12.1. The molecule has 2 rings (SSSR count). The van der Waals surface area contributed by atoms with E-state index >= 15 is 0 Å². The van der Waals surface area contributed by atoms with Crippen LogP contribution in [0.5, 0.6) is 0 Å². The third-order valence-electron chi connectivity index (χ3n) is 2.40. The Morgan fingerprint density at radius 3 is 2.94 bits per heavy atom. The highest BCUT2D eigenvalue weighted by Gasteiger charge is 2.00. The molecular formula is C11H18N6. The third-order valence-corrected chi connectivity index (χ3v) is 2.40. The van der Waals surface area contributed by atoms with Crippen molar-refractivity contribution in [3.63, 3.8) is 0 Å². The molecule has 0 bridgehead atoms. The second-order valence-corrected chi connectivity index (χ2v) is 4.05. The van der Waals surface area contributed by atoms with Crippen LogP contribution in [0.15, 0.2) is 18.7 Å². The maximum Gasteiger partial charge on any atom is 0.164 e. The molecule has 92 valence electrons. The average Bonchev–Trinajstić information content (AvgIpc) is 2.89. The van der Waals surface area contributed by atoms with E-state index in [0.29, 0.717) is 6.54 Å². The number of aryl methyl sites for hydroxylation is 2. The van der Waals surface area contributed by atoms with E-state index in [1.54, 1.807) is 11.0 Å². The number of hydrogen-bond donors (Lipinski definition) is 1. The molecule has 0 aromatic carbocycles. The summed E-state index contributed by atoms with van der Waals surface area (Å²) in [6.45, 7) is 4.59. The topological polar surface area (TPSA) is 60.6 Å². The zero-order valence-corrected chi connectivity index (χ0v) is 10.3. The van der Waals surface area contributed by atoms with Crippen LogP contribution in [0.1, 0.15) is 24.7 Å². The largest absolute Gasteiger partial charge is 0.306 e. The second kappa shape index (κ2) is 5.58. The first kappa shape index (κ1) is 11.8. The molecular weight excluding hydrogens is 216 g/mol. The molecule has 2 aromatic heterocycles. The molecule has 0 radical (unpaired) electrons. The summed E-state index contributed by atoms with van der Waals surface area (Å²) in [6, 6.07) is 0. The Morgan fingerprint density at radius 1 is 1.35 bits per heavy atom. The maximum atomic E-state index is 4.28. The fraction of sp³-hybridized carbons (Fsp3) is 0.545. The molecule has 6 heteroatoms. The normalized spacial score (nSPS) is 10.9. The summed E-state index contributed by atoms with van der Waals surface area (Å²) in [5.41, 5.74) is 1.19. The molecule has 1 N–H and O–H groups in total. The Labute approximate surface area is 101 Å². The van der Waals surface area contributed by atoms with Gasteiger partial charge in [-0.15, -0.1) is 0 Å². The first-order chi connectivity index (χ1) is 8.28. The van der Waals surface area contributed by atoms with Crippen LogP contribution in [0.3, 0.4) is 0 Å². The highest BCUT2D eigenvalue weighted by atomic mass is 15.3. The maximum absolute atomic E-state index is 4.28. The van der Waals surface area contributed by atoms with Crippen molar-refractivity contribution in [2.75, 3.05) is 0 Å². The SMILES string of the molecule is CCCn1cc(CNCc2ncn(C)n2)cn1.